The quantitative estimate of drug-likeness (QED) is 0.407. The van der Waals surface area contributed by atoms with Gasteiger partial charge in [-0.2, -0.15) is 0 Å². The highest BCUT2D eigenvalue weighted by Gasteiger charge is 1.98. The first-order chi connectivity index (χ1) is 4.81. The molecule has 0 aromatic heterocycles. The molecular weight excluding hydrogens is 136 g/mol. The van der Waals surface area contributed by atoms with Crippen molar-refractivity contribution in [3.63, 3.8) is 0 Å². The van der Waals surface area contributed by atoms with Gasteiger partial charge in [0, 0.05) is 8.80 Å². The van der Waals surface area contributed by atoms with E-state index >= 15 is 0 Å². The number of hydrogen-bond acceptors (Lipinski definition) is 0. The summed E-state index contributed by atoms with van der Waals surface area (Å²) in [5.41, 5.74) is 0. The van der Waals surface area contributed by atoms with Crippen molar-refractivity contribution in [3.05, 3.63) is 0 Å². The molecule has 0 bridgehead atoms. The zero-order chi connectivity index (χ0) is 7.82. The third kappa shape index (κ3) is 6.34. The van der Waals surface area contributed by atoms with Crippen LogP contribution >= 0.6 is 0 Å². The molecule has 0 heterocycles. The molecule has 10 heavy (non-hydrogen) atoms. The molecule has 0 aliphatic carbocycles. The molecule has 0 nitrogen and oxygen atoms in total. The van der Waals surface area contributed by atoms with Gasteiger partial charge in [-0.3, -0.25) is 0 Å². The average molecular weight is 157 g/mol. The van der Waals surface area contributed by atoms with Crippen LogP contribution in [0.1, 0.15) is 39.5 Å². The standard InChI is InChI=1S/C9H21Si/c1-4-6-7-8-9-10(3)5-2/h4-9H2,1-3H3. The predicted octanol–water partition coefficient (Wildman–Crippen LogP) is 3.71. The van der Waals surface area contributed by atoms with Crippen molar-refractivity contribution in [2.45, 2.75) is 58.2 Å². The molecule has 0 aliphatic heterocycles. The van der Waals surface area contributed by atoms with Crippen molar-refractivity contribution in [1.29, 1.82) is 0 Å². The van der Waals surface area contributed by atoms with Crippen LogP contribution in [0.3, 0.4) is 0 Å². The topological polar surface area (TPSA) is 0 Å². The van der Waals surface area contributed by atoms with Gasteiger partial charge in [-0.05, 0) is 0 Å². The lowest BCUT2D eigenvalue weighted by Crippen LogP contribution is -2.02. The summed E-state index contributed by atoms with van der Waals surface area (Å²) in [6.45, 7) is 7.06. The van der Waals surface area contributed by atoms with E-state index in [0.29, 0.717) is 0 Å². The molecule has 0 rings (SSSR count). The van der Waals surface area contributed by atoms with Crippen molar-refractivity contribution < 1.29 is 0 Å². The minimum absolute atomic E-state index is 0.0905. The van der Waals surface area contributed by atoms with E-state index in [1.54, 1.807) is 6.04 Å². The molecule has 1 radical (unpaired) electrons. The molecule has 0 N–H and O–H groups in total. The number of hydrogen-bond donors (Lipinski definition) is 0. The maximum absolute atomic E-state index is 2.45. The van der Waals surface area contributed by atoms with Gasteiger partial charge in [0.1, 0.15) is 0 Å². The molecule has 0 saturated heterocycles. The normalized spacial score (nSPS) is 10.8. The van der Waals surface area contributed by atoms with Crippen molar-refractivity contribution in [3.8, 4) is 0 Å². The molecule has 0 aromatic carbocycles. The second-order valence-corrected chi connectivity index (χ2v) is 6.24. The Labute approximate surface area is 67.6 Å². The van der Waals surface area contributed by atoms with Crippen molar-refractivity contribution in [2.75, 3.05) is 0 Å². The SMILES string of the molecule is CCCCCC[Si](C)CC. The van der Waals surface area contributed by atoms with Gasteiger partial charge in [-0.25, -0.2) is 0 Å². The van der Waals surface area contributed by atoms with E-state index in [9.17, 15) is 0 Å². The highest BCUT2D eigenvalue weighted by Crippen LogP contribution is 2.07. The summed E-state index contributed by atoms with van der Waals surface area (Å²) in [5.74, 6) is 0. The van der Waals surface area contributed by atoms with Crippen LogP contribution in [0.15, 0.2) is 0 Å². The van der Waals surface area contributed by atoms with Crippen molar-refractivity contribution >= 4 is 8.80 Å². The van der Waals surface area contributed by atoms with Crippen molar-refractivity contribution in [1.82, 2.24) is 0 Å². The van der Waals surface area contributed by atoms with E-state index in [2.05, 4.69) is 20.4 Å². The summed E-state index contributed by atoms with van der Waals surface area (Å²) in [6, 6.07) is 3.00. The van der Waals surface area contributed by atoms with Crippen LogP contribution in [0, 0.1) is 0 Å². The lowest BCUT2D eigenvalue weighted by molar-refractivity contribution is 0.698. The summed E-state index contributed by atoms with van der Waals surface area (Å²) >= 11 is 0. The lowest BCUT2D eigenvalue weighted by Gasteiger charge is -2.04. The van der Waals surface area contributed by atoms with E-state index < -0.39 is 0 Å². The van der Waals surface area contributed by atoms with Gasteiger partial charge in [-0.1, -0.05) is 58.2 Å². The maximum Gasteiger partial charge on any atom is 0.0443 e. The molecule has 0 saturated carbocycles. The van der Waals surface area contributed by atoms with Gasteiger partial charge in [0.2, 0.25) is 0 Å². The first-order valence-corrected chi connectivity index (χ1v) is 7.04. The highest BCUT2D eigenvalue weighted by atomic mass is 28.3. The van der Waals surface area contributed by atoms with E-state index in [0.717, 1.165) is 0 Å². The van der Waals surface area contributed by atoms with Gasteiger partial charge >= 0.3 is 0 Å². The van der Waals surface area contributed by atoms with E-state index in [4.69, 9.17) is 0 Å². The zero-order valence-electron chi connectivity index (χ0n) is 7.74. The molecule has 0 aliphatic rings. The monoisotopic (exact) mass is 157 g/mol. The molecular formula is C9H21Si. The van der Waals surface area contributed by atoms with Crippen LogP contribution in [0.25, 0.3) is 0 Å². The fourth-order valence-electron chi connectivity index (χ4n) is 1.03. The molecule has 0 aromatic rings. The molecule has 1 heteroatoms. The van der Waals surface area contributed by atoms with Crippen LogP contribution in [0.5, 0.6) is 0 Å². The largest absolute Gasteiger partial charge is 0.0711 e. The van der Waals surface area contributed by atoms with E-state index in [1.165, 1.54) is 31.7 Å². The molecule has 0 atom stereocenters. The number of rotatable bonds is 6. The van der Waals surface area contributed by atoms with Crippen LogP contribution in [0.4, 0.5) is 0 Å². The van der Waals surface area contributed by atoms with Gasteiger partial charge in [-0.15, -0.1) is 0 Å². The second-order valence-electron chi connectivity index (χ2n) is 3.12. The Morgan fingerprint density at radius 1 is 1.00 bits per heavy atom. The summed E-state index contributed by atoms with van der Waals surface area (Å²) < 4.78 is 0. The van der Waals surface area contributed by atoms with Crippen LogP contribution in [0.2, 0.25) is 18.6 Å². The van der Waals surface area contributed by atoms with E-state index in [-0.39, 0.29) is 8.80 Å². The molecule has 0 spiro atoms. The third-order valence-corrected chi connectivity index (χ3v) is 4.47. The summed E-state index contributed by atoms with van der Waals surface area (Å²) in [5, 5.41) is 0. The average Bonchev–Trinajstić information content (AvgIpc) is 1.98. The van der Waals surface area contributed by atoms with Crippen LogP contribution in [-0.2, 0) is 0 Å². The summed E-state index contributed by atoms with van der Waals surface area (Å²) in [6.07, 6.45) is 5.78. The highest BCUT2D eigenvalue weighted by molar-refractivity contribution is 6.57. The Kier molecular flexibility index (Phi) is 7.48. The minimum Gasteiger partial charge on any atom is -0.0711 e. The van der Waals surface area contributed by atoms with Crippen molar-refractivity contribution in [2.24, 2.45) is 0 Å². The fourth-order valence-corrected chi connectivity index (χ4v) is 2.24. The van der Waals surface area contributed by atoms with Gasteiger partial charge in [0.05, 0.1) is 0 Å². The Morgan fingerprint density at radius 2 is 1.70 bits per heavy atom. The Hall–Kier alpha value is 0.217. The minimum atomic E-state index is 0.0905. The Balaban J connectivity index is 2.89. The smallest absolute Gasteiger partial charge is 0.0443 e. The first-order valence-electron chi connectivity index (χ1n) is 4.62. The summed E-state index contributed by atoms with van der Waals surface area (Å²) in [4.78, 5) is 0. The molecule has 0 unspecified atom stereocenters. The third-order valence-electron chi connectivity index (χ3n) is 2.06. The molecule has 0 amide bonds. The maximum atomic E-state index is 2.45. The Bertz CT molecular complexity index is 61.7. The Morgan fingerprint density at radius 3 is 2.20 bits per heavy atom. The molecule has 61 valence electrons. The van der Waals surface area contributed by atoms with Crippen LogP contribution in [-0.4, -0.2) is 8.80 Å². The fraction of sp³-hybridized carbons (Fsp3) is 1.00. The number of unbranched alkanes of at least 4 members (excludes halogenated alkanes) is 3. The predicted molar refractivity (Wildman–Crippen MR) is 51.0 cm³/mol. The zero-order valence-corrected chi connectivity index (χ0v) is 8.74. The lowest BCUT2D eigenvalue weighted by atomic mass is 10.2. The first kappa shape index (κ1) is 10.2. The summed E-state index contributed by atoms with van der Waals surface area (Å²) in [7, 11) is 0.0905. The van der Waals surface area contributed by atoms with Gasteiger partial charge < -0.3 is 0 Å². The van der Waals surface area contributed by atoms with Gasteiger partial charge in [0.15, 0.2) is 0 Å². The van der Waals surface area contributed by atoms with Crippen LogP contribution < -0.4 is 0 Å². The second kappa shape index (κ2) is 7.33. The van der Waals surface area contributed by atoms with E-state index in [1.807, 2.05) is 0 Å². The molecule has 0 fully saturated rings. The van der Waals surface area contributed by atoms with Gasteiger partial charge in [0.25, 0.3) is 0 Å².